The third-order valence-corrected chi connectivity index (χ3v) is 3.86. The molecule has 2 N–H and O–H groups in total. The van der Waals surface area contributed by atoms with Crippen molar-refractivity contribution in [3.63, 3.8) is 0 Å². The number of carbonyl (C=O) groups excluding carboxylic acids is 1. The Morgan fingerprint density at radius 2 is 1.35 bits per heavy atom. The topological polar surface area (TPSA) is 76.0 Å². The molecular formula is C18H36O5. The van der Waals surface area contributed by atoms with Crippen molar-refractivity contribution >= 4 is 5.97 Å². The van der Waals surface area contributed by atoms with Crippen molar-refractivity contribution in [2.45, 2.75) is 96.5 Å². The van der Waals surface area contributed by atoms with E-state index in [9.17, 15) is 4.79 Å². The molecule has 0 fully saturated rings. The van der Waals surface area contributed by atoms with E-state index >= 15 is 0 Å². The van der Waals surface area contributed by atoms with Crippen LogP contribution in [0.5, 0.6) is 0 Å². The SMILES string of the molecule is CCCCCCCCCCCCCCC(=O)OOCC(O)CO. The minimum atomic E-state index is -1.01. The van der Waals surface area contributed by atoms with E-state index in [0.717, 1.165) is 19.3 Å². The summed E-state index contributed by atoms with van der Waals surface area (Å²) in [6, 6.07) is 0. The van der Waals surface area contributed by atoms with Gasteiger partial charge in [-0.05, 0) is 6.42 Å². The van der Waals surface area contributed by atoms with Crippen LogP contribution in [0.3, 0.4) is 0 Å². The second-order valence-corrected chi connectivity index (χ2v) is 6.22. The maximum absolute atomic E-state index is 11.3. The van der Waals surface area contributed by atoms with Crippen molar-refractivity contribution in [3.05, 3.63) is 0 Å². The third-order valence-electron chi connectivity index (χ3n) is 3.86. The van der Waals surface area contributed by atoms with Crippen LogP contribution >= 0.6 is 0 Å². The van der Waals surface area contributed by atoms with Crippen LogP contribution in [-0.4, -0.2) is 35.5 Å². The van der Waals surface area contributed by atoms with Crippen molar-refractivity contribution in [1.29, 1.82) is 0 Å². The van der Waals surface area contributed by atoms with Crippen LogP contribution in [0, 0.1) is 0 Å². The Hall–Kier alpha value is -0.650. The molecule has 0 amide bonds. The summed E-state index contributed by atoms with van der Waals surface area (Å²) in [5, 5.41) is 17.5. The number of hydrogen-bond donors (Lipinski definition) is 2. The van der Waals surface area contributed by atoms with Gasteiger partial charge in [0.2, 0.25) is 0 Å². The molecule has 1 atom stereocenters. The third kappa shape index (κ3) is 17.5. The summed E-state index contributed by atoms with van der Waals surface area (Å²) in [6.45, 7) is 1.64. The molecule has 5 nitrogen and oxygen atoms in total. The summed E-state index contributed by atoms with van der Waals surface area (Å²) in [5.41, 5.74) is 0. The molecule has 0 aliphatic rings. The van der Waals surface area contributed by atoms with Gasteiger partial charge in [-0.2, -0.15) is 4.89 Å². The molecule has 0 spiro atoms. The predicted molar refractivity (Wildman–Crippen MR) is 90.8 cm³/mol. The molecule has 0 aliphatic heterocycles. The Morgan fingerprint density at radius 3 is 1.83 bits per heavy atom. The average molecular weight is 332 g/mol. The van der Waals surface area contributed by atoms with Gasteiger partial charge >= 0.3 is 5.97 Å². The molecule has 0 radical (unpaired) electrons. The lowest BCUT2D eigenvalue weighted by molar-refractivity contribution is -0.282. The molecule has 23 heavy (non-hydrogen) atoms. The lowest BCUT2D eigenvalue weighted by Crippen LogP contribution is -2.20. The fraction of sp³-hybridized carbons (Fsp3) is 0.944. The fourth-order valence-corrected chi connectivity index (χ4v) is 2.38. The Bertz CT molecular complexity index is 258. The van der Waals surface area contributed by atoms with Crippen molar-refractivity contribution in [1.82, 2.24) is 0 Å². The van der Waals surface area contributed by atoms with Crippen LogP contribution in [0.2, 0.25) is 0 Å². The molecule has 5 heteroatoms. The van der Waals surface area contributed by atoms with Crippen LogP contribution in [0.15, 0.2) is 0 Å². The molecular weight excluding hydrogens is 296 g/mol. The molecule has 0 saturated carbocycles. The average Bonchev–Trinajstić information content (AvgIpc) is 2.55. The predicted octanol–water partition coefficient (Wildman–Crippen LogP) is 3.91. The van der Waals surface area contributed by atoms with Gasteiger partial charge in [0.25, 0.3) is 0 Å². The van der Waals surface area contributed by atoms with Crippen LogP contribution in [0.4, 0.5) is 0 Å². The Kier molecular flexibility index (Phi) is 17.2. The maximum Gasteiger partial charge on any atom is 0.342 e. The van der Waals surface area contributed by atoms with Crippen molar-refractivity contribution in [2.24, 2.45) is 0 Å². The zero-order valence-electron chi connectivity index (χ0n) is 14.8. The van der Waals surface area contributed by atoms with Gasteiger partial charge in [0.05, 0.1) is 6.61 Å². The van der Waals surface area contributed by atoms with Gasteiger partial charge in [-0.25, -0.2) is 4.79 Å². The second-order valence-electron chi connectivity index (χ2n) is 6.22. The van der Waals surface area contributed by atoms with Gasteiger partial charge in [0.1, 0.15) is 12.7 Å². The highest BCUT2D eigenvalue weighted by atomic mass is 17.2. The van der Waals surface area contributed by atoms with Gasteiger partial charge in [-0.1, -0.05) is 77.6 Å². The van der Waals surface area contributed by atoms with E-state index in [1.165, 1.54) is 57.8 Å². The minimum Gasteiger partial charge on any atom is -0.394 e. The smallest absolute Gasteiger partial charge is 0.342 e. The summed E-state index contributed by atoms with van der Waals surface area (Å²) in [5.74, 6) is -0.415. The van der Waals surface area contributed by atoms with Crippen molar-refractivity contribution in [3.8, 4) is 0 Å². The molecule has 0 bridgehead atoms. The number of aliphatic hydroxyl groups excluding tert-OH is 2. The first-order valence-electron chi connectivity index (χ1n) is 9.32. The lowest BCUT2D eigenvalue weighted by Gasteiger charge is -2.07. The van der Waals surface area contributed by atoms with Gasteiger partial charge in [0.15, 0.2) is 0 Å². The second kappa shape index (κ2) is 17.7. The Morgan fingerprint density at radius 1 is 0.870 bits per heavy atom. The van der Waals surface area contributed by atoms with Gasteiger partial charge in [-0.15, -0.1) is 0 Å². The van der Waals surface area contributed by atoms with Crippen LogP contribution in [0.1, 0.15) is 90.4 Å². The standard InChI is InChI=1S/C18H36O5/c1-2-3-4-5-6-7-8-9-10-11-12-13-14-18(21)23-22-16-17(20)15-19/h17,19-20H,2-16H2,1H3. The summed E-state index contributed by atoms with van der Waals surface area (Å²) in [7, 11) is 0. The van der Waals surface area contributed by atoms with Gasteiger partial charge < -0.3 is 10.2 Å². The van der Waals surface area contributed by atoms with Crippen LogP contribution in [0.25, 0.3) is 0 Å². The molecule has 0 aromatic rings. The van der Waals surface area contributed by atoms with Gasteiger partial charge in [0, 0.05) is 6.42 Å². The summed E-state index contributed by atoms with van der Waals surface area (Å²) in [6.07, 6.45) is 14.4. The normalized spacial score (nSPS) is 12.3. The van der Waals surface area contributed by atoms with E-state index in [0.29, 0.717) is 6.42 Å². The first-order chi connectivity index (χ1) is 11.2. The highest BCUT2D eigenvalue weighted by molar-refractivity contribution is 5.68. The monoisotopic (exact) mass is 332 g/mol. The summed E-state index contributed by atoms with van der Waals surface area (Å²) < 4.78 is 0. The summed E-state index contributed by atoms with van der Waals surface area (Å²) >= 11 is 0. The largest absolute Gasteiger partial charge is 0.394 e. The number of unbranched alkanes of at least 4 members (excludes halogenated alkanes) is 11. The van der Waals surface area contributed by atoms with Gasteiger partial charge in [-0.3, -0.25) is 4.89 Å². The number of aliphatic hydroxyl groups is 2. The molecule has 0 heterocycles. The molecule has 0 aliphatic carbocycles. The van der Waals surface area contributed by atoms with E-state index in [1.54, 1.807) is 0 Å². The number of carbonyl (C=O) groups is 1. The molecule has 0 rings (SSSR count). The van der Waals surface area contributed by atoms with E-state index in [4.69, 9.17) is 10.2 Å². The first-order valence-corrected chi connectivity index (χ1v) is 9.32. The zero-order valence-corrected chi connectivity index (χ0v) is 14.8. The van der Waals surface area contributed by atoms with E-state index in [1.807, 2.05) is 0 Å². The van der Waals surface area contributed by atoms with E-state index < -0.39 is 18.7 Å². The van der Waals surface area contributed by atoms with Crippen LogP contribution < -0.4 is 0 Å². The Labute approximate surface area is 141 Å². The maximum atomic E-state index is 11.3. The van der Waals surface area contributed by atoms with Crippen molar-refractivity contribution in [2.75, 3.05) is 13.2 Å². The molecule has 138 valence electrons. The molecule has 1 unspecified atom stereocenters. The van der Waals surface area contributed by atoms with E-state index in [2.05, 4.69) is 16.7 Å². The fourth-order valence-electron chi connectivity index (χ4n) is 2.38. The molecule has 0 saturated heterocycles. The lowest BCUT2D eigenvalue weighted by atomic mass is 10.0. The zero-order chi connectivity index (χ0) is 17.2. The first kappa shape index (κ1) is 22.4. The molecule has 0 aromatic carbocycles. The molecule has 0 aromatic heterocycles. The van der Waals surface area contributed by atoms with E-state index in [-0.39, 0.29) is 6.61 Å². The highest BCUT2D eigenvalue weighted by Crippen LogP contribution is 2.12. The number of hydrogen-bond acceptors (Lipinski definition) is 5. The summed E-state index contributed by atoms with van der Waals surface area (Å²) in [4.78, 5) is 20.4. The number of rotatable bonds is 17. The minimum absolute atomic E-state index is 0.194. The Balaban J connectivity index is 3.16. The van der Waals surface area contributed by atoms with Crippen LogP contribution in [-0.2, 0) is 14.6 Å². The highest BCUT2D eigenvalue weighted by Gasteiger charge is 2.07. The quantitative estimate of drug-likeness (QED) is 0.240. The van der Waals surface area contributed by atoms with Crippen molar-refractivity contribution < 1.29 is 24.8 Å².